The van der Waals surface area contributed by atoms with Gasteiger partial charge in [-0.2, -0.15) is 0 Å². The zero-order chi connectivity index (χ0) is 21.6. The van der Waals surface area contributed by atoms with E-state index in [4.69, 9.17) is 18.9 Å². The molecule has 1 N–H and O–H groups in total. The summed E-state index contributed by atoms with van der Waals surface area (Å²) >= 11 is 0. The van der Waals surface area contributed by atoms with E-state index in [2.05, 4.69) is 5.32 Å². The molecular weight excluding hydrogens is 389 g/mol. The van der Waals surface area contributed by atoms with Crippen LogP contribution >= 0.6 is 0 Å². The Bertz CT molecular complexity index is 844. The van der Waals surface area contributed by atoms with Gasteiger partial charge in [0.1, 0.15) is 6.61 Å². The van der Waals surface area contributed by atoms with Crippen molar-refractivity contribution in [3.8, 4) is 5.75 Å². The molecule has 3 rings (SSSR count). The molecule has 6 nitrogen and oxygen atoms in total. The minimum Gasteiger partial charge on any atom is -0.486 e. The quantitative estimate of drug-likeness (QED) is 0.503. The fourth-order valence-corrected chi connectivity index (χ4v) is 3.71. The van der Waals surface area contributed by atoms with Gasteiger partial charge in [-0.3, -0.25) is 0 Å². The summed E-state index contributed by atoms with van der Waals surface area (Å²) < 4.78 is 36.2. The summed E-state index contributed by atoms with van der Waals surface area (Å²) in [4.78, 5) is 12.3. The SMILES string of the molecule is COC(=O)c1cc(OCc2ccccc2)c(F)cc1NC1CCC(OC)(OC)CC1. The normalized spacial score (nSPS) is 16.1. The van der Waals surface area contributed by atoms with E-state index < -0.39 is 17.6 Å². The predicted molar refractivity (Wildman–Crippen MR) is 111 cm³/mol. The average molecular weight is 417 g/mol. The van der Waals surface area contributed by atoms with Gasteiger partial charge in [0.25, 0.3) is 0 Å². The Morgan fingerprint density at radius 1 is 1.10 bits per heavy atom. The molecule has 0 amide bonds. The van der Waals surface area contributed by atoms with Crippen LogP contribution in [0.15, 0.2) is 42.5 Å². The van der Waals surface area contributed by atoms with Gasteiger partial charge in [-0.1, -0.05) is 30.3 Å². The third-order valence-corrected chi connectivity index (χ3v) is 5.57. The van der Waals surface area contributed by atoms with Crippen molar-refractivity contribution in [3.05, 3.63) is 59.4 Å². The van der Waals surface area contributed by atoms with Gasteiger partial charge in [-0.25, -0.2) is 9.18 Å². The molecule has 1 aliphatic rings. The van der Waals surface area contributed by atoms with Crippen molar-refractivity contribution in [2.75, 3.05) is 26.6 Å². The summed E-state index contributed by atoms with van der Waals surface area (Å²) in [6.07, 6.45) is 2.92. The second-order valence-electron chi connectivity index (χ2n) is 7.33. The molecule has 1 fully saturated rings. The molecule has 0 radical (unpaired) electrons. The highest BCUT2D eigenvalue weighted by atomic mass is 19.1. The minimum atomic E-state index is -0.580. The number of nitrogens with one attached hydrogen (secondary N) is 1. The van der Waals surface area contributed by atoms with Crippen molar-refractivity contribution in [2.24, 2.45) is 0 Å². The number of carbonyl (C=O) groups excluding carboxylic acids is 1. The highest BCUT2D eigenvalue weighted by molar-refractivity contribution is 5.96. The van der Waals surface area contributed by atoms with Crippen LogP contribution in [0.3, 0.4) is 0 Å². The number of esters is 1. The number of methoxy groups -OCH3 is 3. The number of hydrogen-bond acceptors (Lipinski definition) is 6. The van der Waals surface area contributed by atoms with E-state index in [1.165, 1.54) is 19.2 Å². The number of carbonyl (C=O) groups is 1. The van der Waals surface area contributed by atoms with Gasteiger partial charge in [0, 0.05) is 39.2 Å². The first-order valence-electron chi connectivity index (χ1n) is 9.95. The van der Waals surface area contributed by atoms with E-state index in [9.17, 15) is 9.18 Å². The summed E-state index contributed by atoms with van der Waals surface area (Å²) in [5, 5.41) is 3.28. The molecule has 2 aromatic carbocycles. The number of rotatable bonds is 8. The van der Waals surface area contributed by atoms with E-state index in [0.717, 1.165) is 18.4 Å². The summed E-state index contributed by atoms with van der Waals surface area (Å²) in [6, 6.07) is 12.2. The lowest BCUT2D eigenvalue weighted by Crippen LogP contribution is -2.41. The molecule has 0 atom stereocenters. The van der Waals surface area contributed by atoms with Crippen LogP contribution in [0.2, 0.25) is 0 Å². The molecule has 7 heteroatoms. The van der Waals surface area contributed by atoms with Crippen LogP contribution in [0.25, 0.3) is 0 Å². The number of benzene rings is 2. The Kier molecular flexibility index (Phi) is 7.29. The molecule has 0 aromatic heterocycles. The molecule has 162 valence electrons. The monoisotopic (exact) mass is 417 g/mol. The molecule has 0 aliphatic heterocycles. The van der Waals surface area contributed by atoms with Crippen molar-refractivity contribution in [2.45, 2.75) is 44.1 Å². The first kappa shape index (κ1) is 22.1. The standard InChI is InChI=1S/C23H28FNO5/c1-27-22(26)18-13-21(30-15-16-7-5-4-6-8-16)19(24)14-20(18)25-17-9-11-23(28-2,29-3)12-10-17/h4-8,13-14,17,25H,9-12,15H2,1-3H3. The zero-order valence-electron chi connectivity index (χ0n) is 17.6. The lowest BCUT2D eigenvalue weighted by Gasteiger charge is -2.38. The van der Waals surface area contributed by atoms with E-state index in [1.54, 1.807) is 14.2 Å². The van der Waals surface area contributed by atoms with Gasteiger partial charge in [-0.05, 0) is 24.5 Å². The number of anilines is 1. The maximum absolute atomic E-state index is 14.7. The first-order valence-corrected chi connectivity index (χ1v) is 9.95. The van der Waals surface area contributed by atoms with Gasteiger partial charge in [0.2, 0.25) is 0 Å². The molecule has 2 aromatic rings. The van der Waals surface area contributed by atoms with Crippen molar-refractivity contribution < 1.29 is 28.1 Å². The fraction of sp³-hybridized carbons (Fsp3) is 0.435. The van der Waals surface area contributed by atoms with Gasteiger partial charge < -0.3 is 24.3 Å². The third kappa shape index (κ3) is 5.09. The van der Waals surface area contributed by atoms with E-state index in [-0.39, 0.29) is 24.0 Å². The number of ether oxygens (including phenoxy) is 4. The summed E-state index contributed by atoms with van der Waals surface area (Å²) in [5.41, 5.74) is 1.52. The largest absolute Gasteiger partial charge is 0.486 e. The van der Waals surface area contributed by atoms with E-state index >= 15 is 0 Å². The lowest BCUT2D eigenvalue weighted by atomic mass is 9.89. The average Bonchev–Trinajstić information content (AvgIpc) is 2.79. The van der Waals surface area contributed by atoms with Crippen LogP contribution in [0.5, 0.6) is 5.75 Å². The molecule has 30 heavy (non-hydrogen) atoms. The third-order valence-electron chi connectivity index (χ3n) is 5.57. The Morgan fingerprint density at radius 3 is 2.37 bits per heavy atom. The molecule has 0 heterocycles. The molecule has 0 saturated heterocycles. The smallest absolute Gasteiger partial charge is 0.340 e. The van der Waals surface area contributed by atoms with Crippen LogP contribution in [0.1, 0.15) is 41.6 Å². The molecule has 0 bridgehead atoms. The van der Waals surface area contributed by atoms with Gasteiger partial charge in [0.15, 0.2) is 17.4 Å². The van der Waals surface area contributed by atoms with Gasteiger partial charge in [0.05, 0.1) is 18.4 Å². The van der Waals surface area contributed by atoms with Crippen LogP contribution in [0.4, 0.5) is 10.1 Å². The van der Waals surface area contributed by atoms with Crippen LogP contribution in [-0.4, -0.2) is 39.1 Å². The highest BCUT2D eigenvalue weighted by Gasteiger charge is 2.35. The molecular formula is C23H28FNO5. The Labute approximate surface area is 176 Å². The lowest BCUT2D eigenvalue weighted by molar-refractivity contribution is -0.223. The van der Waals surface area contributed by atoms with E-state index in [0.29, 0.717) is 18.5 Å². The molecule has 0 unspecified atom stereocenters. The van der Waals surface area contributed by atoms with Crippen LogP contribution in [-0.2, 0) is 20.8 Å². The highest BCUT2D eigenvalue weighted by Crippen LogP contribution is 2.35. The molecule has 1 saturated carbocycles. The second kappa shape index (κ2) is 9.91. The topological polar surface area (TPSA) is 66.0 Å². The maximum atomic E-state index is 14.7. The van der Waals surface area contributed by atoms with Gasteiger partial charge in [-0.15, -0.1) is 0 Å². The number of halogens is 1. The van der Waals surface area contributed by atoms with Crippen molar-refractivity contribution in [1.82, 2.24) is 0 Å². The predicted octanol–water partition coefficient (Wildman–Crippen LogP) is 4.53. The molecule has 1 aliphatic carbocycles. The Balaban J connectivity index is 1.75. The van der Waals surface area contributed by atoms with Gasteiger partial charge >= 0.3 is 5.97 Å². The first-order chi connectivity index (χ1) is 14.5. The van der Waals surface area contributed by atoms with Crippen molar-refractivity contribution >= 4 is 11.7 Å². The molecule has 0 spiro atoms. The minimum absolute atomic E-state index is 0.00577. The summed E-state index contributed by atoms with van der Waals surface area (Å²) in [6.45, 7) is 0.198. The maximum Gasteiger partial charge on any atom is 0.340 e. The summed E-state index contributed by atoms with van der Waals surface area (Å²) in [7, 11) is 4.57. The number of hydrogen-bond donors (Lipinski definition) is 1. The van der Waals surface area contributed by atoms with Crippen molar-refractivity contribution in [1.29, 1.82) is 0 Å². The van der Waals surface area contributed by atoms with Crippen LogP contribution < -0.4 is 10.1 Å². The van der Waals surface area contributed by atoms with Crippen molar-refractivity contribution in [3.63, 3.8) is 0 Å². The summed E-state index contributed by atoms with van der Waals surface area (Å²) in [5.74, 6) is -1.67. The fourth-order valence-electron chi connectivity index (χ4n) is 3.71. The Hall–Kier alpha value is -2.64. The zero-order valence-corrected chi connectivity index (χ0v) is 17.6. The second-order valence-corrected chi connectivity index (χ2v) is 7.33. The van der Waals surface area contributed by atoms with E-state index in [1.807, 2.05) is 30.3 Å². The van der Waals surface area contributed by atoms with Crippen LogP contribution in [0, 0.1) is 5.82 Å². The Morgan fingerprint density at radius 2 is 1.77 bits per heavy atom.